The molecule has 0 radical (unpaired) electrons. The SMILES string of the molecule is CCC(C)CCCCCCCC(CC)c1ccc(S(=O)(=O)[O-])c(C)c1. The summed E-state index contributed by atoms with van der Waals surface area (Å²) in [5.74, 6) is 1.30. The van der Waals surface area contributed by atoms with Crippen LogP contribution in [0, 0.1) is 12.8 Å². The summed E-state index contributed by atoms with van der Waals surface area (Å²) in [4.78, 5) is -0.0904. The highest BCUT2D eigenvalue weighted by atomic mass is 32.2. The van der Waals surface area contributed by atoms with Crippen molar-refractivity contribution in [3.8, 4) is 0 Å². The molecule has 0 saturated carbocycles. The predicted octanol–water partition coefficient (Wildman–Crippen LogP) is 6.17. The molecular formula is C21H35O3S-. The quantitative estimate of drug-likeness (QED) is 0.328. The Morgan fingerprint density at radius 2 is 1.56 bits per heavy atom. The molecule has 0 N–H and O–H groups in total. The van der Waals surface area contributed by atoms with Gasteiger partial charge >= 0.3 is 0 Å². The van der Waals surface area contributed by atoms with Crippen molar-refractivity contribution in [3.05, 3.63) is 29.3 Å². The molecule has 0 fully saturated rings. The van der Waals surface area contributed by atoms with Crippen LogP contribution < -0.4 is 0 Å². The normalized spacial score (nSPS) is 14.4. The molecule has 2 atom stereocenters. The minimum atomic E-state index is -4.37. The second-order valence-electron chi connectivity index (χ2n) is 7.44. The first kappa shape index (κ1) is 22.2. The topological polar surface area (TPSA) is 57.2 Å². The van der Waals surface area contributed by atoms with E-state index in [0.29, 0.717) is 11.5 Å². The van der Waals surface area contributed by atoms with Crippen LogP contribution in [0.1, 0.15) is 95.6 Å². The van der Waals surface area contributed by atoms with Gasteiger partial charge in [0, 0.05) is 0 Å². The molecule has 144 valence electrons. The maximum atomic E-state index is 11.2. The lowest BCUT2D eigenvalue weighted by atomic mass is 9.90. The Morgan fingerprint density at radius 1 is 0.960 bits per heavy atom. The fourth-order valence-electron chi connectivity index (χ4n) is 3.43. The maximum absolute atomic E-state index is 11.2. The number of hydrogen-bond acceptors (Lipinski definition) is 3. The zero-order chi connectivity index (χ0) is 18.9. The lowest BCUT2D eigenvalue weighted by Crippen LogP contribution is -2.04. The van der Waals surface area contributed by atoms with Crippen molar-refractivity contribution >= 4 is 10.1 Å². The Labute approximate surface area is 155 Å². The molecule has 0 aromatic heterocycles. The number of benzene rings is 1. The van der Waals surface area contributed by atoms with Gasteiger partial charge in [-0.1, -0.05) is 77.8 Å². The van der Waals surface area contributed by atoms with Crippen molar-refractivity contribution in [2.45, 2.75) is 96.3 Å². The van der Waals surface area contributed by atoms with Gasteiger partial charge in [0.2, 0.25) is 0 Å². The average molecular weight is 368 g/mol. The van der Waals surface area contributed by atoms with E-state index in [4.69, 9.17) is 0 Å². The van der Waals surface area contributed by atoms with Crippen LogP contribution in [0.15, 0.2) is 23.1 Å². The summed E-state index contributed by atoms with van der Waals surface area (Å²) >= 11 is 0. The molecular weight excluding hydrogens is 332 g/mol. The molecule has 1 aromatic carbocycles. The van der Waals surface area contributed by atoms with Crippen LogP contribution in [-0.2, 0) is 10.1 Å². The molecule has 1 aromatic rings. The van der Waals surface area contributed by atoms with E-state index < -0.39 is 10.1 Å². The second-order valence-corrected chi connectivity index (χ2v) is 8.79. The molecule has 2 unspecified atom stereocenters. The van der Waals surface area contributed by atoms with Gasteiger partial charge in [-0.05, 0) is 48.8 Å². The largest absolute Gasteiger partial charge is 0.744 e. The zero-order valence-corrected chi connectivity index (χ0v) is 17.2. The number of aryl methyl sites for hydroxylation is 1. The molecule has 0 aliphatic rings. The summed E-state index contributed by atoms with van der Waals surface area (Å²) in [6.07, 6.45) is 11.3. The van der Waals surface area contributed by atoms with Gasteiger partial charge in [0.1, 0.15) is 10.1 Å². The van der Waals surface area contributed by atoms with Crippen molar-refractivity contribution in [2.75, 3.05) is 0 Å². The molecule has 1 rings (SSSR count). The van der Waals surface area contributed by atoms with Crippen molar-refractivity contribution in [2.24, 2.45) is 5.92 Å². The monoisotopic (exact) mass is 367 g/mol. The number of rotatable bonds is 12. The van der Waals surface area contributed by atoms with E-state index in [1.165, 1.54) is 51.0 Å². The van der Waals surface area contributed by atoms with Crippen LogP contribution in [0.3, 0.4) is 0 Å². The van der Waals surface area contributed by atoms with E-state index in [1.54, 1.807) is 6.92 Å². The third-order valence-electron chi connectivity index (χ3n) is 5.38. The molecule has 3 nitrogen and oxygen atoms in total. The van der Waals surface area contributed by atoms with Crippen LogP contribution >= 0.6 is 0 Å². The van der Waals surface area contributed by atoms with Crippen molar-refractivity contribution in [3.63, 3.8) is 0 Å². The summed E-state index contributed by atoms with van der Waals surface area (Å²) in [6.45, 7) is 8.47. The van der Waals surface area contributed by atoms with Crippen LogP contribution in [0.25, 0.3) is 0 Å². The third-order valence-corrected chi connectivity index (χ3v) is 6.38. The molecule has 0 saturated heterocycles. The molecule has 0 aliphatic carbocycles. The van der Waals surface area contributed by atoms with Gasteiger partial charge in [-0.2, -0.15) is 0 Å². The predicted molar refractivity (Wildman–Crippen MR) is 104 cm³/mol. The molecule has 0 spiro atoms. The molecule has 0 aliphatic heterocycles. The minimum Gasteiger partial charge on any atom is -0.744 e. The molecule has 0 bridgehead atoms. The van der Waals surface area contributed by atoms with E-state index in [-0.39, 0.29) is 4.90 Å². The fraction of sp³-hybridized carbons (Fsp3) is 0.714. The van der Waals surface area contributed by atoms with Gasteiger partial charge in [0.05, 0.1) is 4.90 Å². The second kappa shape index (κ2) is 11.0. The highest BCUT2D eigenvalue weighted by Gasteiger charge is 2.12. The summed E-state index contributed by atoms with van der Waals surface area (Å²) < 4.78 is 33.6. The van der Waals surface area contributed by atoms with E-state index in [1.807, 2.05) is 12.1 Å². The number of unbranched alkanes of at least 4 members (excludes halogenated alkanes) is 4. The Bertz CT molecular complexity index is 608. The highest BCUT2D eigenvalue weighted by Crippen LogP contribution is 2.28. The van der Waals surface area contributed by atoms with Gasteiger partial charge < -0.3 is 4.55 Å². The third kappa shape index (κ3) is 7.91. The first-order valence-corrected chi connectivity index (χ1v) is 11.3. The zero-order valence-electron chi connectivity index (χ0n) is 16.4. The van der Waals surface area contributed by atoms with Crippen LogP contribution in [-0.4, -0.2) is 13.0 Å². The van der Waals surface area contributed by atoms with Gasteiger partial charge in [-0.3, -0.25) is 0 Å². The number of hydrogen-bond donors (Lipinski definition) is 0. The van der Waals surface area contributed by atoms with Crippen LogP contribution in [0.5, 0.6) is 0 Å². The van der Waals surface area contributed by atoms with Gasteiger partial charge in [0.15, 0.2) is 0 Å². The Kier molecular flexibility index (Phi) is 9.73. The van der Waals surface area contributed by atoms with Gasteiger partial charge in [-0.25, -0.2) is 8.42 Å². The van der Waals surface area contributed by atoms with E-state index in [9.17, 15) is 13.0 Å². The first-order valence-electron chi connectivity index (χ1n) is 9.86. The molecule has 4 heteroatoms. The lowest BCUT2D eigenvalue weighted by molar-refractivity contribution is 0.462. The maximum Gasteiger partial charge on any atom is 0.124 e. The van der Waals surface area contributed by atoms with Gasteiger partial charge in [0.25, 0.3) is 0 Å². The van der Waals surface area contributed by atoms with Crippen molar-refractivity contribution < 1.29 is 13.0 Å². The van der Waals surface area contributed by atoms with Crippen molar-refractivity contribution in [1.82, 2.24) is 0 Å². The standard InChI is InChI=1S/C21H36O3S/c1-5-17(3)12-10-8-7-9-11-13-19(6-2)20-14-15-21(18(4)16-20)25(22,23)24/h14-17,19H,5-13H2,1-4H3,(H,22,23,24)/p-1. The van der Waals surface area contributed by atoms with E-state index >= 15 is 0 Å². The Balaban J connectivity index is 2.43. The first-order chi connectivity index (χ1) is 11.8. The van der Waals surface area contributed by atoms with E-state index in [2.05, 4.69) is 20.8 Å². The summed E-state index contributed by atoms with van der Waals surface area (Å²) in [5.41, 5.74) is 1.72. The lowest BCUT2D eigenvalue weighted by Gasteiger charge is -2.18. The van der Waals surface area contributed by atoms with Crippen LogP contribution in [0.4, 0.5) is 0 Å². The minimum absolute atomic E-state index is 0.0904. The van der Waals surface area contributed by atoms with E-state index in [0.717, 1.165) is 24.3 Å². The van der Waals surface area contributed by atoms with Gasteiger partial charge in [-0.15, -0.1) is 0 Å². The summed E-state index contributed by atoms with van der Waals surface area (Å²) in [6, 6.07) is 5.17. The summed E-state index contributed by atoms with van der Waals surface area (Å²) in [7, 11) is -4.37. The van der Waals surface area contributed by atoms with Crippen LogP contribution in [0.2, 0.25) is 0 Å². The molecule has 25 heavy (non-hydrogen) atoms. The Hall–Kier alpha value is -0.870. The molecule has 0 amide bonds. The average Bonchev–Trinajstić information content (AvgIpc) is 2.55. The summed E-state index contributed by atoms with van der Waals surface area (Å²) in [5, 5.41) is 0. The smallest absolute Gasteiger partial charge is 0.124 e. The Morgan fingerprint density at radius 3 is 2.08 bits per heavy atom. The van der Waals surface area contributed by atoms with Crippen molar-refractivity contribution in [1.29, 1.82) is 0 Å². The highest BCUT2D eigenvalue weighted by molar-refractivity contribution is 7.85. The fourth-order valence-corrected chi connectivity index (χ4v) is 4.12. The molecule has 0 heterocycles.